The van der Waals surface area contributed by atoms with E-state index in [1.54, 1.807) is 0 Å². The predicted octanol–water partition coefficient (Wildman–Crippen LogP) is 2.80. The van der Waals surface area contributed by atoms with E-state index in [4.69, 9.17) is 10.00 Å². The van der Waals surface area contributed by atoms with Crippen molar-refractivity contribution in [2.24, 2.45) is 0 Å². The Balaban J connectivity index is 1.82. The maximum absolute atomic E-state index is 8.69. The topological polar surface area (TPSA) is 58.8 Å². The van der Waals surface area contributed by atoms with Crippen molar-refractivity contribution in [2.75, 3.05) is 0 Å². The molecule has 1 unspecified atom stereocenters. The molecule has 0 amide bonds. The highest BCUT2D eigenvalue weighted by atomic mass is 16.5. The van der Waals surface area contributed by atoms with Crippen LogP contribution in [-0.2, 0) is 6.42 Å². The van der Waals surface area contributed by atoms with Gasteiger partial charge in [-0.2, -0.15) is 5.26 Å². The van der Waals surface area contributed by atoms with Crippen LogP contribution in [0.25, 0.3) is 0 Å². The molecule has 1 heterocycles. The number of aryl methyl sites for hydroxylation is 1. The highest BCUT2D eigenvalue weighted by molar-refractivity contribution is 5.32. The number of rotatable bonds is 2. The molecule has 3 rings (SSSR count). The van der Waals surface area contributed by atoms with Crippen LogP contribution in [0.2, 0.25) is 0 Å². The lowest BCUT2D eigenvalue weighted by molar-refractivity contribution is 0.175. The molecule has 2 aromatic rings. The van der Waals surface area contributed by atoms with Gasteiger partial charge in [0.2, 0.25) is 5.88 Å². The first-order chi connectivity index (χ1) is 9.36. The molecule has 0 bridgehead atoms. The first-order valence-corrected chi connectivity index (χ1v) is 6.33. The van der Waals surface area contributed by atoms with E-state index in [0.29, 0.717) is 11.6 Å². The third-order valence-electron chi connectivity index (χ3n) is 3.32. The first kappa shape index (κ1) is 11.7. The second-order valence-electron chi connectivity index (χ2n) is 4.55. The number of ether oxygens (including phenoxy) is 1. The van der Waals surface area contributed by atoms with Crippen molar-refractivity contribution < 1.29 is 4.74 Å². The molecule has 0 saturated heterocycles. The van der Waals surface area contributed by atoms with E-state index in [0.717, 1.165) is 19.3 Å². The fourth-order valence-electron chi connectivity index (χ4n) is 2.41. The van der Waals surface area contributed by atoms with Crippen molar-refractivity contribution in [3.05, 3.63) is 53.5 Å². The van der Waals surface area contributed by atoms with Crippen LogP contribution in [0, 0.1) is 11.3 Å². The van der Waals surface area contributed by atoms with Crippen LogP contribution in [0.1, 0.15) is 35.8 Å². The fraction of sp³-hybridized carbons (Fsp3) is 0.267. The zero-order valence-electron chi connectivity index (χ0n) is 10.4. The maximum Gasteiger partial charge on any atom is 0.232 e. The van der Waals surface area contributed by atoms with E-state index in [-0.39, 0.29) is 6.10 Å². The summed E-state index contributed by atoms with van der Waals surface area (Å²) in [4.78, 5) is 8.08. The number of hydrogen-bond donors (Lipinski definition) is 0. The number of hydrogen-bond acceptors (Lipinski definition) is 4. The maximum atomic E-state index is 8.69. The SMILES string of the molecule is N#Cc1cnc(OC2CCCc3ccccc32)cn1. The van der Waals surface area contributed by atoms with Gasteiger partial charge >= 0.3 is 0 Å². The summed E-state index contributed by atoms with van der Waals surface area (Å²) in [5.41, 5.74) is 2.89. The zero-order valence-corrected chi connectivity index (χ0v) is 10.4. The standard InChI is InChI=1S/C15H13N3O/c16-8-12-9-18-15(10-17-12)19-14-7-3-5-11-4-1-2-6-13(11)14/h1-2,4,6,9-10,14H,3,5,7H2. The van der Waals surface area contributed by atoms with Crippen molar-refractivity contribution in [1.29, 1.82) is 5.26 Å². The first-order valence-electron chi connectivity index (χ1n) is 6.33. The largest absolute Gasteiger partial charge is 0.468 e. The highest BCUT2D eigenvalue weighted by Gasteiger charge is 2.21. The molecule has 0 aliphatic heterocycles. The number of aromatic nitrogens is 2. The van der Waals surface area contributed by atoms with Crippen LogP contribution in [0.3, 0.4) is 0 Å². The minimum atomic E-state index is 0.0344. The molecular formula is C15H13N3O. The van der Waals surface area contributed by atoms with Gasteiger partial charge < -0.3 is 4.74 Å². The lowest BCUT2D eigenvalue weighted by atomic mass is 9.89. The molecule has 4 heteroatoms. The van der Waals surface area contributed by atoms with Crippen molar-refractivity contribution in [3.63, 3.8) is 0 Å². The second-order valence-corrected chi connectivity index (χ2v) is 4.55. The molecule has 0 radical (unpaired) electrons. The number of nitriles is 1. The van der Waals surface area contributed by atoms with Gasteiger partial charge in [-0.05, 0) is 30.4 Å². The molecule has 19 heavy (non-hydrogen) atoms. The summed E-state index contributed by atoms with van der Waals surface area (Å²) in [6.45, 7) is 0. The fourth-order valence-corrected chi connectivity index (χ4v) is 2.41. The quantitative estimate of drug-likeness (QED) is 0.823. The Bertz CT molecular complexity index is 616. The van der Waals surface area contributed by atoms with Crippen LogP contribution in [0.5, 0.6) is 5.88 Å². The van der Waals surface area contributed by atoms with E-state index >= 15 is 0 Å². The van der Waals surface area contributed by atoms with Gasteiger partial charge in [0.1, 0.15) is 12.2 Å². The van der Waals surface area contributed by atoms with Crippen LogP contribution >= 0.6 is 0 Å². The Labute approximate surface area is 111 Å². The normalized spacial score (nSPS) is 17.3. The molecule has 0 fully saturated rings. The van der Waals surface area contributed by atoms with Crippen molar-refractivity contribution in [1.82, 2.24) is 9.97 Å². The van der Waals surface area contributed by atoms with Gasteiger partial charge in [-0.25, -0.2) is 9.97 Å². The minimum absolute atomic E-state index is 0.0344. The van der Waals surface area contributed by atoms with Crippen molar-refractivity contribution >= 4 is 0 Å². The summed E-state index contributed by atoms with van der Waals surface area (Å²) in [7, 11) is 0. The minimum Gasteiger partial charge on any atom is -0.468 e. The Hall–Kier alpha value is -2.41. The zero-order chi connectivity index (χ0) is 13.1. The molecule has 4 nitrogen and oxygen atoms in total. The van der Waals surface area contributed by atoms with E-state index < -0.39 is 0 Å². The Morgan fingerprint density at radius 3 is 2.89 bits per heavy atom. The third-order valence-corrected chi connectivity index (χ3v) is 3.32. The average molecular weight is 251 g/mol. The highest BCUT2D eigenvalue weighted by Crippen LogP contribution is 2.32. The monoisotopic (exact) mass is 251 g/mol. The molecule has 94 valence electrons. The average Bonchev–Trinajstić information content (AvgIpc) is 2.48. The summed E-state index contributed by atoms with van der Waals surface area (Å²) >= 11 is 0. The van der Waals surface area contributed by atoms with Gasteiger partial charge in [-0.3, -0.25) is 0 Å². The van der Waals surface area contributed by atoms with Gasteiger partial charge in [0.15, 0.2) is 5.69 Å². The number of nitrogens with zero attached hydrogens (tertiary/aromatic N) is 3. The molecule has 0 spiro atoms. The van der Waals surface area contributed by atoms with Crippen molar-refractivity contribution in [3.8, 4) is 11.9 Å². The summed E-state index contributed by atoms with van der Waals surface area (Å²) in [6, 6.07) is 10.3. The van der Waals surface area contributed by atoms with E-state index in [1.165, 1.54) is 23.5 Å². The Morgan fingerprint density at radius 1 is 1.21 bits per heavy atom. The van der Waals surface area contributed by atoms with Gasteiger partial charge in [0.05, 0.1) is 12.4 Å². The molecule has 1 atom stereocenters. The van der Waals surface area contributed by atoms with E-state index in [1.807, 2.05) is 12.1 Å². The number of fused-ring (bicyclic) bond motifs is 1. The smallest absolute Gasteiger partial charge is 0.232 e. The van der Waals surface area contributed by atoms with Crippen LogP contribution < -0.4 is 4.74 Å². The van der Waals surface area contributed by atoms with Crippen LogP contribution in [0.4, 0.5) is 0 Å². The van der Waals surface area contributed by atoms with E-state index in [9.17, 15) is 0 Å². The third kappa shape index (κ3) is 2.41. The summed E-state index contributed by atoms with van der Waals surface area (Å²) in [5.74, 6) is 0.473. The van der Waals surface area contributed by atoms with Gasteiger partial charge in [-0.15, -0.1) is 0 Å². The van der Waals surface area contributed by atoms with Crippen LogP contribution in [0.15, 0.2) is 36.7 Å². The molecule has 0 N–H and O–H groups in total. The van der Waals surface area contributed by atoms with E-state index in [2.05, 4.69) is 28.2 Å². The van der Waals surface area contributed by atoms with Gasteiger partial charge in [0, 0.05) is 0 Å². The van der Waals surface area contributed by atoms with Gasteiger partial charge in [-0.1, -0.05) is 24.3 Å². The van der Waals surface area contributed by atoms with Crippen molar-refractivity contribution in [2.45, 2.75) is 25.4 Å². The second kappa shape index (κ2) is 5.07. The molecule has 1 aromatic carbocycles. The Morgan fingerprint density at radius 2 is 2.11 bits per heavy atom. The number of benzene rings is 1. The predicted molar refractivity (Wildman–Crippen MR) is 69.5 cm³/mol. The molecular weight excluding hydrogens is 238 g/mol. The van der Waals surface area contributed by atoms with Crippen LogP contribution in [-0.4, -0.2) is 9.97 Å². The lowest BCUT2D eigenvalue weighted by Gasteiger charge is -2.25. The summed E-state index contributed by atoms with van der Waals surface area (Å²) in [6.07, 6.45) is 6.19. The molecule has 0 saturated carbocycles. The molecule has 1 aromatic heterocycles. The lowest BCUT2D eigenvalue weighted by Crippen LogP contribution is -2.15. The Kier molecular flexibility index (Phi) is 3.11. The molecule has 1 aliphatic carbocycles. The molecule has 1 aliphatic rings. The van der Waals surface area contributed by atoms with Gasteiger partial charge in [0.25, 0.3) is 0 Å². The summed E-state index contributed by atoms with van der Waals surface area (Å²) in [5, 5.41) is 8.69. The summed E-state index contributed by atoms with van der Waals surface area (Å²) < 4.78 is 5.90.